The Morgan fingerprint density at radius 2 is 2.23 bits per heavy atom. The largest absolute Gasteiger partial charge is 0.494 e. The van der Waals surface area contributed by atoms with E-state index in [2.05, 4.69) is 31.7 Å². The Morgan fingerprint density at radius 3 is 2.92 bits per heavy atom. The zero-order valence-corrected chi connectivity index (χ0v) is 14.0. The van der Waals surface area contributed by atoms with Crippen LogP contribution in [0.4, 0.5) is 23.1 Å². The molecule has 26 heavy (non-hydrogen) atoms. The first-order valence-corrected chi connectivity index (χ1v) is 8.02. The molecule has 0 unspecified atom stereocenters. The standard InChI is InChI=1S/C17H17N7O2/c1-25-13-4-10(19)2-3-12(13)22-17-23-15-14(9(5-18)6-20-15)16(24-17)21-11-7-26-8-11/h2-4,6,11H,7-8,19H2,1H3,(H3,20,21,22,23,24). The molecule has 1 aromatic carbocycles. The minimum Gasteiger partial charge on any atom is -0.494 e. The van der Waals surface area contributed by atoms with Crippen LogP contribution in [0, 0.1) is 11.3 Å². The maximum Gasteiger partial charge on any atom is 0.231 e. The van der Waals surface area contributed by atoms with E-state index in [1.54, 1.807) is 31.5 Å². The van der Waals surface area contributed by atoms with Gasteiger partial charge in [-0.1, -0.05) is 0 Å². The molecule has 1 fully saturated rings. The van der Waals surface area contributed by atoms with Crippen LogP contribution >= 0.6 is 0 Å². The van der Waals surface area contributed by atoms with E-state index in [9.17, 15) is 5.26 Å². The quantitative estimate of drug-likeness (QED) is 0.513. The van der Waals surface area contributed by atoms with Gasteiger partial charge in [-0.15, -0.1) is 0 Å². The smallest absolute Gasteiger partial charge is 0.231 e. The summed E-state index contributed by atoms with van der Waals surface area (Å²) in [5.74, 6) is 1.53. The van der Waals surface area contributed by atoms with Crippen molar-refractivity contribution in [3.05, 3.63) is 30.0 Å². The second kappa shape index (κ2) is 6.42. The maximum absolute atomic E-state index is 9.33. The number of nitrogens with two attached hydrogens (primary N) is 1. The molecule has 9 heteroatoms. The van der Waals surface area contributed by atoms with E-state index in [1.165, 1.54) is 0 Å². The van der Waals surface area contributed by atoms with Gasteiger partial charge >= 0.3 is 0 Å². The Morgan fingerprint density at radius 1 is 1.38 bits per heavy atom. The number of H-pyrrole nitrogens is 1. The van der Waals surface area contributed by atoms with E-state index in [0.29, 0.717) is 58.7 Å². The fourth-order valence-electron chi connectivity index (χ4n) is 2.73. The number of rotatable bonds is 5. The Kier molecular flexibility index (Phi) is 3.95. The minimum atomic E-state index is 0.161. The lowest BCUT2D eigenvalue weighted by Crippen LogP contribution is -2.40. The predicted molar refractivity (Wildman–Crippen MR) is 97.5 cm³/mol. The summed E-state index contributed by atoms with van der Waals surface area (Å²) in [6.07, 6.45) is 1.62. The summed E-state index contributed by atoms with van der Waals surface area (Å²) in [5.41, 5.74) is 8.13. The molecule has 1 saturated heterocycles. The number of anilines is 4. The molecule has 0 radical (unpaired) electrons. The molecule has 3 aromatic rings. The number of methoxy groups -OCH3 is 1. The summed E-state index contributed by atoms with van der Waals surface area (Å²) in [4.78, 5) is 12.0. The lowest BCUT2D eigenvalue weighted by atomic mass is 10.2. The summed E-state index contributed by atoms with van der Waals surface area (Å²) in [6, 6.07) is 7.59. The van der Waals surface area contributed by atoms with E-state index in [0.717, 1.165) is 0 Å². The van der Waals surface area contributed by atoms with Crippen molar-refractivity contribution in [2.24, 2.45) is 0 Å². The van der Waals surface area contributed by atoms with Crippen LogP contribution in [0.2, 0.25) is 0 Å². The normalized spacial score (nSPS) is 13.8. The number of aromatic nitrogens is 3. The molecule has 3 heterocycles. The van der Waals surface area contributed by atoms with Crippen molar-refractivity contribution in [1.29, 1.82) is 5.26 Å². The fraction of sp³-hybridized carbons (Fsp3) is 0.235. The maximum atomic E-state index is 9.33. The molecule has 0 atom stereocenters. The number of aromatic amines is 1. The van der Waals surface area contributed by atoms with Crippen LogP contribution < -0.4 is 21.1 Å². The van der Waals surface area contributed by atoms with Crippen molar-refractivity contribution in [3.8, 4) is 11.8 Å². The van der Waals surface area contributed by atoms with Gasteiger partial charge in [0.2, 0.25) is 5.95 Å². The molecular formula is C17H17N7O2. The van der Waals surface area contributed by atoms with Crippen LogP contribution in [-0.2, 0) is 4.74 Å². The second-order valence-corrected chi connectivity index (χ2v) is 5.90. The lowest BCUT2D eigenvalue weighted by Gasteiger charge is -2.27. The van der Waals surface area contributed by atoms with Gasteiger partial charge in [-0.3, -0.25) is 0 Å². The highest BCUT2D eigenvalue weighted by molar-refractivity contribution is 5.93. The monoisotopic (exact) mass is 351 g/mol. The zero-order chi connectivity index (χ0) is 18.1. The zero-order valence-electron chi connectivity index (χ0n) is 14.0. The average Bonchev–Trinajstić information content (AvgIpc) is 3.02. The molecule has 9 nitrogen and oxygen atoms in total. The van der Waals surface area contributed by atoms with Crippen LogP contribution in [0.3, 0.4) is 0 Å². The van der Waals surface area contributed by atoms with Gasteiger partial charge in [-0.05, 0) is 12.1 Å². The van der Waals surface area contributed by atoms with Crippen LogP contribution in [-0.4, -0.2) is 41.3 Å². The predicted octanol–water partition coefficient (Wildman–Crippen LogP) is 1.97. The third-order valence-corrected chi connectivity index (χ3v) is 4.10. The summed E-state index contributed by atoms with van der Waals surface area (Å²) >= 11 is 0. The third-order valence-electron chi connectivity index (χ3n) is 4.10. The molecule has 0 bridgehead atoms. The van der Waals surface area contributed by atoms with Crippen molar-refractivity contribution in [1.82, 2.24) is 15.0 Å². The van der Waals surface area contributed by atoms with Gasteiger partial charge in [-0.2, -0.15) is 15.2 Å². The Labute approximate surface area is 149 Å². The highest BCUT2D eigenvalue weighted by atomic mass is 16.5. The lowest BCUT2D eigenvalue weighted by molar-refractivity contribution is 0.0210. The van der Waals surface area contributed by atoms with Gasteiger partial charge in [0, 0.05) is 18.0 Å². The van der Waals surface area contributed by atoms with E-state index >= 15 is 0 Å². The molecule has 5 N–H and O–H groups in total. The summed E-state index contributed by atoms with van der Waals surface area (Å²) in [7, 11) is 1.57. The molecule has 1 aliphatic heterocycles. The van der Waals surface area contributed by atoms with Gasteiger partial charge in [0.1, 0.15) is 23.3 Å². The molecule has 0 spiro atoms. The highest BCUT2D eigenvalue weighted by Crippen LogP contribution is 2.31. The minimum absolute atomic E-state index is 0.161. The van der Waals surface area contributed by atoms with Crippen molar-refractivity contribution < 1.29 is 9.47 Å². The van der Waals surface area contributed by atoms with Crippen molar-refractivity contribution >= 4 is 34.2 Å². The number of ether oxygens (including phenoxy) is 2. The van der Waals surface area contributed by atoms with E-state index in [-0.39, 0.29) is 6.04 Å². The summed E-state index contributed by atoms with van der Waals surface area (Å²) < 4.78 is 10.5. The SMILES string of the molecule is COc1cc(N)ccc1Nc1nc(NC2COC2)c2c(C#N)c[nH]c2n1. The molecule has 2 aromatic heterocycles. The first-order chi connectivity index (χ1) is 12.7. The molecule has 4 rings (SSSR count). The summed E-state index contributed by atoms with van der Waals surface area (Å²) in [6.45, 7) is 1.21. The first kappa shape index (κ1) is 16.0. The van der Waals surface area contributed by atoms with Crippen molar-refractivity contribution in [2.75, 3.05) is 36.7 Å². The van der Waals surface area contributed by atoms with Gasteiger partial charge in [0.25, 0.3) is 0 Å². The van der Waals surface area contributed by atoms with Gasteiger partial charge < -0.3 is 30.8 Å². The average molecular weight is 351 g/mol. The first-order valence-electron chi connectivity index (χ1n) is 8.02. The van der Waals surface area contributed by atoms with Gasteiger partial charge in [0.05, 0.1) is 43.0 Å². The molecule has 132 valence electrons. The Bertz CT molecular complexity index is 1000. The van der Waals surface area contributed by atoms with E-state index in [4.69, 9.17) is 15.2 Å². The number of nitrogens with zero attached hydrogens (tertiary/aromatic N) is 3. The fourth-order valence-corrected chi connectivity index (χ4v) is 2.73. The molecular weight excluding hydrogens is 334 g/mol. The Hall–Kier alpha value is -3.51. The number of nitrogen functional groups attached to an aromatic ring is 1. The number of hydrogen-bond acceptors (Lipinski definition) is 8. The summed E-state index contributed by atoms with van der Waals surface area (Å²) in [5, 5.41) is 16.4. The molecule has 0 saturated carbocycles. The highest BCUT2D eigenvalue weighted by Gasteiger charge is 2.22. The van der Waals surface area contributed by atoms with Crippen LogP contribution in [0.1, 0.15) is 5.56 Å². The second-order valence-electron chi connectivity index (χ2n) is 5.90. The number of fused-ring (bicyclic) bond motifs is 1. The van der Waals surface area contributed by atoms with Crippen LogP contribution in [0.5, 0.6) is 5.75 Å². The van der Waals surface area contributed by atoms with E-state index < -0.39 is 0 Å². The van der Waals surface area contributed by atoms with Crippen molar-refractivity contribution in [3.63, 3.8) is 0 Å². The molecule has 0 aliphatic carbocycles. The number of benzene rings is 1. The van der Waals surface area contributed by atoms with Gasteiger partial charge in [0.15, 0.2) is 0 Å². The Balaban J connectivity index is 1.75. The van der Waals surface area contributed by atoms with Crippen molar-refractivity contribution in [2.45, 2.75) is 6.04 Å². The topological polar surface area (TPSA) is 134 Å². The number of nitrogens with one attached hydrogen (secondary N) is 3. The van der Waals surface area contributed by atoms with Crippen LogP contribution in [0.15, 0.2) is 24.4 Å². The van der Waals surface area contributed by atoms with Crippen LogP contribution in [0.25, 0.3) is 11.0 Å². The number of nitriles is 1. The van der Waals surface area contributed by atoms with E-state index in [1.807, 2.05) is 0 Å². The third kappa shape index (κ3) is 2.82. The molecule has 0 amide bonds. The number of hydrogen-bond donors (Lipinski definition) is 4. The molecule has 1 aliphatic rings. The van der Waals surface area contributed by atoms with Gasteiger partial charge in [-0.25, -0.2) is 0 Å².